The number of ether oxygens (including phenoxy) is 3. The number of benzene rings is 2. The van der Waals surface area contributed by atoms with Gasteiger partial charge in [-0.15, -0.1) is 5.10 Å². The van der Waals surface area contributed by atoms with Crippen molar-refractivity contribution < 1.29 is 18.6 Å². The third-order valence-corrected chi connectivity index (χ3v) is 4.91. The molecule has 2 aromatic carbocycles. The van der Waals surface area contributed by atoms with Gasteiger partial charge < -0.3 is 19.9 Å². The van der Waals surface area contributed by atoms with Crippen LogP contribution in [0.2, 0.25) is 0 Å². The maximum Gasteiger partial charge on any atom is 0.244 e. The average molecular weight is 406 g/mol. The fraction of sp³-hybridized carbons (Fsp3) is 0.182. The first-order chi connectivity index (χ1) is 14.6. The van der Waals surface area contributed by atoms with Crippen molar-refractivity contribution in [1.82, 2.24) is 10.2 Å². The van der Waals surface area contributed by atoms with Crippen LogP contribution in [0.1, 0.15) is 24.0 Å². The van der Waals surface area contributed by atoms with Gasteiger partial charge in [0.1, 0.15) is 17.5 Å². The summed E-state index contributed by atoms with van der Waals surface area (Å²) in [6.07, 6.45) is 0. The van der Waals surface area contributed by atoms with Gasteiger partial charge in [0.25, 0.3) is 0 Å². The highest BCUT2D eigenvalue weighted by Crippen LogP contribution is 2.47. The molecule has 1 aliphatic heterocycles. The van der Waals surface area contributed by atoms with E-state index < -0.39 is 11.7 Å². The Bertz CT molecular complexity index is 1180. The normalized spacial score (nSPS) is 15.2. The molecule has 0 saturated heterocycles. The number of nitrogens with one attached hydrogen (secondary N) is 1. The minimum absolute atomic E-state index is 0.0967. The topological polar surface area (TPSA) is 106 Å². The van der Waals surface area contributed by atoms with Crippen molar-refractivity contribution in [3.05, 3.63) is 70.9 Å². The van der Waals surface area contributed by atoms with E-state index in [-0.39, 0.29) is 17.3 Å². The molecular weight excluding hydrogens is 387 g/mol. The lowest BCUT2D eigenvalue weighted by atomic mass is 9.82. The van der Waals surface area contributed by atoms with Gasteiger partial charge in [-0.25, -0.2) is 4.39 Å². The smallest absolute Gasteiger partial charge is 0.244 e. The Labute approximate surface area is 172 Å². The number of halogens is 1. The first-order valence-electron chi connectivity index (χ1n) is 9.30. The van der Waals surface area contributed by atoms with Crippen molar-refractivity contribution in [2.75, 3.05) is 13.7 Å². The van der Waals surface area contributed by atoms with E-state index in [0.717, 1.165) is 0 Å². The van der Waals surface area contributed by atoms with Crippen molar-refractivity contribution in [3.8, 4) is 34.7 Å². The van der Waals surface area contributed by atoms with E-state index in [1.165, 1.54) is 6.07 Å². The average Bonchev–Trinajstić information content (AvgIpc) is 3.17. The number of aromatic amines is 1. The molecule has 1 unspecified atom stereocenters. The number of methoxy groups -OCH3 is 1. The molecule has 8 heteroatoms. The van der Waals surface area contributed by atoms with E-state index in [1.54, 1.807) is 37.4 Å². The van der Waals surface area contributed by atoms with E-state index in [0.29, 0.717) is 40.5 Å². The molecule has 0 saturated carbocycles. The van der Waals surface area contributed by atoms with Crippen LogP contribution in [0.5, 0.6) is 17.4 Å². The number of hydrogen-bond donors (Lipinski definition) is 2. The summed E-state index contributed by atoms with van der Waals surface area (Å²) in [5.74, 6) is 0.00934. The zero-order valence-corrected chi connectivity index (χ0v) is 16.4. The molecule has 30 heavy (non-hydrogen) atoms. The zero-order chi connectivity index (χ0) is 21.3. The summed E-state index contributed by atoms with van der Waals surface area (Å²) in [7, 11) is 1.55. The highest BCUT2D eigenvalue weighted by molar-refractivity contribution is 5.73. The molecule has 0 fully saturated rings. The molecular formula is C22H19FN4O3. The summed E-state index contributed by atoms with van der Waals surface area (Å²) in [5, 5.41) is 16.9. The van der Waals surface area contributed by atoms with Crippen molar-refractivity contribution in [2.45, 2.75) is 12.8 Å². The fourth-order valence-corrected chi connectivity index (χ4v) is 3.58. The van der Waals surface area contributed by atoms with Crippen LogP contribution in [-0.4, -0.2) is 23.9 Å². The van der Waals surface area contributed by atoms with Crippen LogP contribution in [0, 0.1) is 17.1 Å². The third-order valence-electron chi connectivity index (χ3n) is 4.91. The Kier molecular flexibility index (Phi) is 5.02. The quantitative estimate of drug-likeness (QED) is 0.667. The van der Waals surface area contributed by atoms with Gasteiger partial charge in [-0.3, -0.25) is 5.10 Å². The van der Waals surface area contributed by atoms with Crippen molar-refractivity contribution in [2.24, 2.45) is 5.73 Å². The van der Waals surface area contributed by atoms with Crippen LogP contribution in [-0.2, 0) is 0 Å². The molecule has 1 atom stereocenters. The molecule has 0 aliphatic carbocycles. The predicted molar refractivity (Wildman–Crippen MR) is 107 cm³/mol. The lowest BCUT2D eigenvalue weighted by Gasteiger charge is -2.24. The maximum atomic E-state index is 14.7. The standard InChI is InChI=1S/C22H19FN4O3/c1-3-29-16-9-8-12(10-17(16)28-2)20-19-18(13-6-4-5-7-15(13)23)14(11-24)21(25)30-22(19)27-26-20/h4-10,18H,3,25H2,1-2H3,(H,26,27). The van der Waals surface area contributed by atoms with E-state index in [9.17, 15) is 9.65 Å². The number of H-pyrrole nitrogens is 1. The second-order valence-electron chi connectivity index (χ2n) is 6.56. The Morgan fingerprint density at radius 3 is 2.77 bits per heavy atom. The molecule has 0 amide bonds. The van der Waals surface area contributed by atoms with E-state index >= 15 is 0 Å². The first kappa shape index (κ1) is 19.3. The molecule has 2 heterocycles. The lowest BCUT2D eigenvalue weighted by Crippen LogP contribution is -2.21. The van der Waals surface area contributed by atoms with Crippen LogP contribution in [0.25, 0.3) is 11.3 Å². The van der Waals surface area contributed by atoms with Gasteiger partial charge in [0.15, 0.2) is 11.5 Å². The number of aromatic nitrogens is 2. The van der Waals surface area contributed by atoms with E-state index in [1.807, 2.05) is 13.0 Å². The van der Waals surface area contributed by atoms with Crippen molar-refractivity contribution in [1.29, 1.82) is 5.26 Å². The number of allylic oxidation sites excluding steroid dienone is 1. The molecule has 3 aromatic rings. The van der Waals surface area contributed by atoms with Gasteiger partial charge in [0.2, 0.25) is 11.8 Å². The van der Waals surface area contributed by atoms with Crippen LogP contribution in [0.4, 0.5) is 4.39 Å². The molecule has 1 aromatic heterocycles. The number of hydrogen-bond acceptors (Lipinski definition) is 6. The summed E-state index contributed by atoms with van der Waals surface area (Å²) in [6.45, 7) is 2.38. The van der Waals surface area contributed by atoms with Crippen LogP contribution in [0.15, 0.2) is 53.9 Å². The monoisotopic (exact) mass is 406 g/mol. The Hall–Kier alpha value is -3.99. The van der Waals surface area contributed by atoms with Crippen molar-refractivity contribution in [3.63, 3.8) is 0 Å². The van der Waals surface area contributed by atoms with E-state index in [4.69, 9.17) is 19.9 Å². The van der Waals surface area contributed by atoms with Gasteiger partial charge in [-0.2, -0.15) is 5.26 Å². The van der Waals surface area contributed by atoms with Crippen LogP contribution < -0.4 is 19.9 Å². The molecule has 3 N–H and O–H groups in total. The number of nitrogens with zero attached hydrogens (tertiary/aromatic N) is 2. The number of rotatable bonds is 5. The maximum absolute atomic E-state index is 14.7. The molecule has 0 bridgehead atoms. The molecule has 1 aliphatic rings. The molecule has 4 rings (SSSR count). The predicted octanol–water partition coefficient (Wildman–Crippen LogP) is 3.84. The van der Waals surface area contributed by atoms with Crippen LogP contribution in [0.3, 0.4) is 0 Å². The highest BCUT2D eigenvalue weighted by Gasteiger charge is 2.37. The Morgan fingerprint density at radius 2 is 2.07 bits per heavy atom. The van der Waals surface area contributed by atoms with Gasteiger partial charge in [0.05, 0.1) is 30.9 Å². The summed E-state index contributed by atoms with van der Waals surface area (Å²) in [5.41, 5.74) is 8.19. The van der Waals surface area contributed by atoms with Crippen LogP contribution >= 0.6 is 0 Å². The van der Waals surface area contributed by atoms with Gasteiger partial charge in [-0.1, -0.05) is 18.2 Å². The summed E-state index contributed by atoms with van der Waals surface area (Å²) in [4.78, 5) is 0. The highest BCUT2D eigenvalue weighted by atomic mass is 19.1. The lowest BCUT2D eigenvalue weighted by molar-refractivity contribution is 0.311. The van der Waals surface area contributed by atoms with Crippen molar-refractivity contribution >= 4 is 0 Å². The minimum atomic E-state index is -0.772. The zero-order valence-electron chi connectivity index (χ0n) is 16.4. The summed E-state index contributed by atoms with van der Waals surface area (Å²) < 4.78 is 31.3. The first-order valence-corrected chi connectivity index (χ1v) is 9.30. The number of fused-ring (bicyclic) bond motifs is 1. The summed E-state index contributed by atoms with van der Waals surface area (Å²) >= 11 is 0. The van der Waals surface area contributed by atoms with Gasteiger partial charge in [0, 0.05) is 11.1 Å². The SMILES string of the molecule is CCOc1ccc(-c2[nH]nc3c2C(c2ccccc2F)C(C#N)=C(N)O3)cc1OC. The Morgan fingerprint density at radius 1 is 1.27 bits per heavy atom. The van der Waals surface area contributed by atoms with Gasteiger partial charge in [-0.05, 0) is 31.2 Å². The number of nitrogens with two attached hydrogens (primary N) is 1. The largest absolute Gasteiger partial charge is 0.493 e. The third kappa shape index (κ3) is 3.10. The fourth-order valence-electron chi connectivity index (χ4n) is 3.58. The Balaban J connectivity index is 1.91. The minimum Gasteiger partial charge on any atom is -0.493 e. The van der Waals surface area contributed by atoms with E-state index in [2.05, 4.69) is 16.3 Å². The molecule has 0 spiro atoms. The molecule has 152 valence electrons. The van der Waals surface area contributed by atoms with Gasteiger partial charge >= 0.3 is 0 Å². The molecule has 7 nitrogen and oxygen atoms in total. The molecule has 0 radical (unpaired) electrons. The second-order valence-corrected chi connectivity index (χ2v) is 6.56. The summed E-state index contributed by atoms with van der Waals surface area (Å²) in [6, 6.07) is 13.7. The second kappa shape index (κ2) is 7.79. The number of nitriles is 1.